The third-order valence-corrected chi connectivity index (χ3v) is 3.02. The van der Waals surface area contributed by atoms with Crippen LogP contribution in [0.15, 0.2) is 23.8 Å². The summed E-state index contributed by atoms with van der Waals surface area (Å²) in [6, 6.07) is 0. The largest absolute Gasteiger partial charge is 0.481 e. The molecule has 4 atom stereocenters. The zero-order valence-corrected chi connectivity index (χ0v) is 13.0. The van der Waals surface area contributed by atoms with E-state index in [0.29, 0.717) is 5.57 Å². The lowest BCUT2D eigenvalue weighted by Gasteiger charge is -2.21. The van der Waals surface area contributed by atoms with Crippen molar-refractivity contribution in [2.45, 2.75) is 58.0 Å². The second-order valence-electron chi connectivity index (χ2n) is 4.96. The summed E-state index contributed by atoms with van der Waals surface area (Å²) >= 11 is 0. The van der Waals surface area contributed by atoms with Crippen molar-refractivity contribution in [3.63, 3.8) is 0 Å². The van der Waals surface area contributed by atoms with E-state index >= 15 is 0 Å². The van der Waals surface area contributed by atoms with Crippen LogP contribution in [0.2, 0.25) is 0 Å². The second kappa shape index (κ2) is 10.1. The van der Waals surface area contributed by atoms with E-state index in [4.69, 9.17) is 9.84 Å². The highest BCUT2D eigenvalue weighted by Gasteiger charge is 2.23. The number of rotatable bonds is 9. The summed E-state index contributed by atoms with van der Waals surface area (Å²) < 4.78 is 5.10. The van der Waals surface area contributed by atoms with Crippen LogP contribution in [0.4, 0.5) is 0 Å². The Morgan fingerprint density at radius 3 is 2.23 bits per heavy atom. The molecule has 0 amide bonds. The lowest BCUT2D eigenvalue weighted by atomic mass is 10.1. The minimum Gasteiger partial charge on any atom is -0.481 e. The maximum Gasteiger partial charge on any atom is 0.334 e. The fraction of sp³-hybridized carbons (Fsp3) is 0.600. The third-order valence-electron chi connectivity index (χ3n) is 3.02. The van der Waals surface area contributed by atoms with Crippen molar-refractivity contribution in [3.8, 4) is 0 Å². The van der Waals surface area contributed by atoms with E-state index in [1.54, 1.807) is 6.92 Å². The first-order chi connectivity index (χ1) is 10.2. The zero-order valence-electron chi connectivity index (χ0n) is 13.0. The molecule has 0 bridgehead atoms. The van der Waals surface area contributed by atoms with Crippen molar-refractivity contribution in [2.24, 2.45) is 0 Å². The molecule has 22 heavy (non-hydrogen) atoms. The first-order valence-corrected chi connectivity index (χ1v) is 6.97. The average Bonchev–Trinajstić information content (AvgIpc) is 2.46. The van der Waals surface area contributed by atoms with Crippen LogP contribution in [-0.4, -0.2) is 56.8 Å². The number of aliphatic carboxylic acids is 1. The van der Waals surface area contributed by atoms with E-state index < -0.39 is 36.4 Å². The number of allylic oxidation sites excluding steroid dienone is 1. The van der Waals surface area contributed by atoms with Crippen LogP contribution in [0, 0.1) is 0 Å². The zero-order chi connectivity index (χ0) is 17.3. The molecule has 7 nitrogen and oxygen atoms in total. The number of aliphatic hydroxyl groups excluding tert-OH is 3. The van der Waals surface area contributed by atoms with Crippen molar-refractivity contribution < 1.29 is 34.8 Å². The van der Waals surface area contributed by atoms with Gasteiger partial charge in [0.25, 0.3) is 0 Å². The fourth-order valence-corrected chi connectivity index (χ4v) is 1.40. The predicted octanol–water partition coefficient (Wildman–Crippen LogP) is 0.388. The van der Waals surface area contributed by atoms with Gasteiger partial charge in [-0.25, -0.2) is 4.79 Å². The molecule has 4 N–H and O–H groups in total. The van der Waals surface area contributed by atoms with Crippen LogP contribution in [-0.2, 0) is 14.3 Å². The molecule has 0 saturated heterocycles. The summed E-state index contributed by atoms with van der Waals surface area (Å²) in [6.45, 7) is 4.57. The van der Waals surface area contributed by atoms with Gasteiger partial charge in [0.2, 0.25) is 0 Å². The molecular formula is C15H24O7. The van der Waals surface area contributed by atoms with E-state index in [1.807, 2.05) is 0 Å². The number of esters is 1. The van der Waals surface area contributed by atoms with E-state index in [0.717, 1.165) is 0 Å². The van der Waals surface area contributed by atoms with E-state index in [9.17, 15) is 24.9 Å². The molecule has 4 unspecified atom stereocenters. The Morgan fingerprint density at radius 1 is 1.18 bits per heavy atom. The molecule has 0 aliphatic carbocycles. The molecule has 0 aromatic carbocycles. The Balaban J connectivity index is 4.97. The summed E-state index contributed by atoms with van der Waals surface area (Å²) in [6.07, 6.45) is -0.990. The molecule has 126 valence electrons. The summed E-state index contributed by atoms with van der Waals surface area (Å²) in [5.74, 6) is -1.74. The molecule has 7 heteroatoms. The van der Waals surface area contributed by atoms with E-state index in [1.165, 1.54) is 32.1 Å². The van der Waals surface area contributed by atoms with Crippen molar-refractivity contribution >= 4 is 11.9 Å². The van der Waals surface area contributed by atoms with Crippen molar-refractivity contribution in [3.05, 3.63) is 23.8 Å². The standard InChI is InChI=1S/C15H24O7/c1-4-9(2)15(21)22-13(7-5-11(17)10(3)16)12(18)6-8-14(19)20/h4-5,7,10-13,16-18H,6,8H2,1-3H3,(H,19,20)/b7-5+,9-4+. The fourth-order valence-electron chi connectivity index (χ4n) is 1.40. The molecule has 0 heterocycles. The molecule has 0 aromatic heterocycles. The lowest BCUT2D eigenvalue weighted by molar-refractivity contribution is -0.147. The molecule has 0 spiro atoms. The Bertz CT molecular complexity index is 426. The van der Waals surface area contributed by atoms with Gasteiger partial charge in [-0.2, -0.15) is 0 Å². The van der Waals surface area contributed by atoms with Gasteiger partial charge in [0.05, 0.1) is 18.3 Å². The van der Waals surface area contributed by atoms with E-state index in [-0.39, 0.29) is 12.8 Å². The smallest absolute Gasteiger partial charge is 0.334 e. The Morgan fingerprint density at radius 2 is 1.77 bits per heavy atom. The maximum atomic E-state index is 11.7. The molecular weight excluding hydrogens is 292 g/mol. The molecule has 0 radical (unpaired) electrons. The first kappa shape index (κ1) is 20.3. The molecule has 0 aliphatic rings. The van der Waals surface area contributed by atoms with Crippen molar-refractivity contribution in [1.29, 1.82) is 0 Å². The highest BCUT2D eigenvalue weighted by molar-refractivity contribution is 5.87. The van der Waals surface area contributed by atoms with Gasteiger partial charge in [-0.05, 0) is 33.3 Å². The highest BCUT2D eigenvalue weighted by Crippen LogP contribution is 2.12. The van der Waals surface area contributed by atoms with Gasteiger partial charge in [0.1, 0.15) is 6.10 Å². The summed E-state index contributed by atoms with van der Waals surface area (Å²) in [7, 11) is 0. The van der Waals surface area contributed by atoms with Crippen molar-refractivity contribution in [2.75, 3.05) is 0 Å². The molecule has 0 saturated carbocycles. The molecule has 0 rings (SSSR count). The van der Waals surface area contributed by atoms with Gasteiger partial charge in [-0.3, -0.25) is 4.79 Å². The number of ether oxygens (including phenoxy) is 1. The van der Waals surface area contributed by atoms with Crippen LogP contribution >= 0.6 is 0 Å². The molecule has 0 fully saturated rings. The SMILES string of the molecule is C/C=C(\C)C(=O)OC(/C=C/C(O)C(C)O)C(O)CCC(=O)O. The lowest BCUT2D eigenvalue weighted by Crippen LogP contribution is -2.31. The minimum absolute atomic E-state index is 0.114. The average molecular weight is 316 g/mol. The Labute approximate surface area is 129 Å². The Hall–Kier alpha value is -1.70. The number of carboxylic acid groups (broad SMARTS) is 1. The topological polar surface area (TPSA) is 124 Å². The van der Waals surface area contributed by atoms with Crippen LogP contribution in [0.3, 0.4) is 0 Å². The third kappa shape index (κ3) is 7.92. The Kier molecular flexibility index (Phi) is 9.32. The van der Waals surface area contributed by atoms with Gasteiger partial charge in [-0.1, -0.05) is 12.2 Å². The van der Waals surface area contributed by atoms with Crippen LogP contribution in [0.5, 0.6) is 0 Å². The second-order valence-corrected chi connectivity index (χ2v) is 4.96. The number of carboxylic acids is 1. The summed E-state index contributed by atoms with van der Waals surface area (Å²) in [5, 5.41) is 37.3. The van der Waals surface area contributed by atoms with Gasteiger partial charge in [-0.15, -0.1) is 0 Å². The minimum atomic E-state index is -1.23. The molecule has 0 aromatic rings. The predicted molar refractivity (Wildman–Crippen MR) is 79.0 cm³/mol. The number of carbonyl (C=O) groups is 2. The van der Waals surface area contributed by atoms with Gasteiger partial charge in [0.15, 0.2) is 0 Å². The number of hydrogen-bond acceptors (Lipinski definition) is 6. The van der Waals surface area contributed by atoms with Crippen molar-refractivity contribution in [1.82, 2.24) is 0 Å². The van der Waals surface area contributed by atoms with E-state index in [2.05, 4.69) is 0 Å². The number of aliphatic hydroxyl groups is 3. The van der Waals surface area contributed by atoms with Crippen LogP contribution in [0.25, 0.3) is 0 Å². The summed E-state index contributed by atoms with van der Waals surface area (Å²) in [5.41, 5.74) is 0.333. The number of carbonyl (C=O) groups excluding carboxylic acids is 1. The quantitative estimate of drug-likeness (QED) is 0.275. The first-order valence-electron chi connectivity index (χ1n) is 6.97. The maximum absolute atomic E-state index is 11.7. The van der Waals surface area contributed by atoms with Gasteiger partial charge < -0.3 is 25.2 Å². The monoisotopic (exact) mass is 316 g/mol. The van der Waals surface area contributed by atoms with Crippen LogP contribution in [0.1, 0.15) is 33.6 Å². The van der Waals surface area contributed by atoms with Crippen LogP contribution < -0.4 is 0 Å². The number of hydrogen-bond donors (Lipinski definition) is 4. The normalized spacial score (nSPS) is 17.8. The molecule has 0 aliphatic heterocycles. The summed E-state index contributed by atoms with van der Waals surface area (Å²) in [4.78, 5) is 22.3. The van der Waals surface area contributed by atoms with Gasteiger partial charge in [0, 0.05) is 12.0 Å². The highest BCUT2D eigenvalue weighted by atomic mass is 16.6. The van der Waals surface area contributed by atoms with Gasteiger partial charge >= 0.3 is 11.9 Å².